The number of hydrogen-bond donors (Lipinski definition) is 1. The van der Waals surface area contributed by atoms with Crippen LogP contribution < -0.4 is 4.72 Å². The highest BCUT2D eigenvalue weighted by Gasteiger charge is 2.16. The molecule has 1 N–H and O–H groups in total. The van der Waals surface area contributed by atoms with Crippen molar-refractivity contribution >= 4 is 27.3 Å². The lowest BCUT2D eigenvalue weighted by atomic mass is 10.1. The second kappa shape index (κ2) is 6.34. The Kier molecular flexibility index (Phi) is 4.39. The van der Waals surface area contributed by atoms with Gasteiger partial charge in [-0.2, -0.15) is 0 Å². The summed E-state index contributed by atoms with van der Waals surface area (Å²) in [6, 6.07) is 15.8. The van der Waals surface area contributed by atoms with E-state index in [1.807, 2.05) is 55.1 Å². The van der Waals surface area contributed by atoms with E-state index in [0.29, 0.717) is 10.7 Å². The zero-order valence-electron chi connectivity index (χ0n) is 13.3. The lowest BCUT2D eigenvalue weighted by Gasteiger charge is -2.13. The summed E-state index contributed by atoms with van der Waals surface area (Å²) in [7, 11) is -1.71. The summed E-state index contributed by atoms with van der Waals surface area (Å²) in [5.41, 5.74) is 3.37. The minimum Gasteiger partial charge on any atom is -0.351 e. The number of halogens is 1. The minimum absolute atomic E-state index is 0.176. The fourth-order valence-electron chi connectivity index (χ4n) is 2.47. The SMILES string of the molecule is Cc1ccc(-c2cccn2C)cc1NS(=O)(=O)c1ccc(Cl)cc1. The van der Waals surface area contributed by atoms with E-state index in [4.69, 9.17) is 11.6 Å². The molecule has 0 bridgehead atoms. The maximum Gasteiger partial charge on any atom is 0.261 e. The van der Waals surface area contributed by atoms with Crippen LogP contribution in [-0.4, -0.2) is 13.0 Å². The quantitative estimate of drug-likeness (QED) is 0.747. The van der Waals surface area contributed by atoms with Crippen LogP contribution in [-0.2, 0) is 17.1 Å². The summed E-state index contributed by atoms with van der Waals surface area (Å²) in [4.78, 5) is 0.176. The molecule has 3 aromatic rings. The number of nitrogens with one attached hydrogen (secondary N) is 1. The second-order valence-electron chi connectivity index (χ2n) is 5.59. The Hall–Kier alpha value is -2.24. The molecule has 0 aliphatic rings. The Morgan fingerprint density at radius 3 is 2.38 bits per heavy atom. The van der Waals surface area contributed by atoms with Crippen molar-refractivity contribution in [3.8, 4) is 11.3 Å². The van der Waals surface area contributed by atoms with Crippen molar-refractivity contribution in [2.24, 2.45) is 7.05 Å². The van der Waals surface area contributed by atoms with Crippen LogP contribution in [0.25, 0.3) is 11.3 Å². The molecule has 0 amide bonds. The molecule has 0 saturated carbocycles. The van der Waals surface area contributed by atoms with E-state index in [9.17, 15) is 8.42 Å². The fourth-order valence-corrected chi connectivity index (χ4v) is 3.72. The Morgan fingerprint density at radius 1 is 1.04 bits per heavy atom. The van der Waals surface area contributed by atoms with E-state index in [1.165, 1.54) is 12.1 Å². The predicted molar refractivity (Wildman–Crippen MR) is 97.8 cm³/mol. The number of hydrogen-bond acceptors (Lipinski definition) is 2. The maximum absolute atomic E-state index is 12.6. The molecule has 6 heteroatoms. The molecule has 124 valence electrons. The van der Waals surface area contributed by atoms with Gasteiger partial charge in [0.1, 0.15) is 0 Å². The van der Waals surface area contributed by atoms with E-state index in [0.717, 1.165) is 16.8 Å². The van der Waals surface area contributed by atoms with Gasteiger partial charge in [-0.05, 0) is 55.0 Å². The normalized spacial score (nSPS) is 11.5. The summed E-state index contributed by atoms with van der Waals surface area (Å²) >= 11 is 5.82. The third kappa shape index (κ3) is 3.32. The lowest BCUT2D eigenvalue weighted by molar-refractivity contribution is 0.601. The third-order valence-corrected chi connectivity index (χ3v) is 5.48. The van der Waals surface area contributed by atoms with Crippen molar-refractivity contribution in [2.75, 3.05) is 4.72 Å². The van der Waals surface area contributed by atoms with Crippen LogP contribution in [0.2, 0.25) is 5.02 Å². The topological polar surface area (TPSA) is 51.1 Å². The zero-order chi connectivity index (χ0) is 17.3. The van der Waals surface area contributed by atoms with Crippen LogP contribution in [0.3, 0.4) is 0 Å². The molecular weight excluding hydrogens is 344 g/mol. The van der Waals surface area contributed by atoms with E-state index < -0.39 is 10.0 Å². The molecule has 0 aliphatic carbocycles. The summed E-state index contributed by atoms with van der Waals surface area (Å²) in [5, 5.41) is 0.496. The van der Waals surface area contributed by atoms with E-state index in [-0.39, 0.29) is 4.90 Å². The molecule has 2 aromatic carbocycles. The average Bonchev–Trinajstić information content (AvgIpc) is 2.96. The Bertz CT molecular complexity index is 977. The lowest BCUT2D eigenvalue weighted by Crippen LogP contribution is -2.13. The number of rotatable bonds is 4. The first-order valence-electron chi connectivity index (χ1n) is 7.37. The Balaban J connectivity index is 1.98. The summed E-state index contributed by atoms with van der Waals surface area (Å²) in [5.74, 6) is 0. The van der Waals surface area contributed by atoms with Gasteiger partial charge in [-0.15, -0.1) is 0 Å². The van der Waals surface area contributed by atoms with Gasteiger partial charge >= 0.3 is 0 Å². The van der Waals surface area contributed by atoms with Gasteiger partial charge in [0.15, 0.2) is 0 Å². The molecule has 0 saturated heterocycles. The van der Waals surface area contributed by atoms with Crippen LogP contribution >= 0.6 is 11.6 Å². The van der Waals surface area contributed by atoms with E-state index in [2.05, 4.69) is 4.72 Å². The minimum atomic E-state index is -3.66. The number of sulfonamides is 1. The molecule has 3 rings (SSSR count). The molecule has 0 unspecified atom stereocenters. The van der Waals surface area contributed by atoms with Crippen molar-refractivity contribution in [2.45, 2.75) is 11.8 Å². The van der Waals surface area contributed by atoms with Gasteiger partial charge in [-0.1, -0.05) is 23.7 Å². The molecule has 1 heterocycles. The van der Waals surface area contributed by atoms with Crippen LogP contribution in [0.1, 0.15) is 5.56 Å². The Labute approximate surface area is 146 Å². The zero-order valence-corrected chi connectivity index (χ0v) is 14.9. The molecular formula is C18H17ClN2O2S. The van der Waals surface area contributed by atoms with Crippen molar-refractivity contribution in [1.82, 2.24) is 4.57 Å². The molecule has 4 nitrogen and oxygen atoms in total. The number of aromatic nitrogens is 1. The number of aryl methyl sites for hydroxylation is 2. The van der Waals surface area contributed by atoms with Gasteiger partial charge < -0.3 is 4.57 Å². The molecule has 0 radical (unpaired) electrons. The van der Waals surface area contributed by atoms with Crippen LogP contribution in [0.5, 0.6) is 0 Å². The predicted octanol–water partition coefficient (Wildman–Crippen LogP) is 4.45. The third-order valence-electron chi connectivity index (χ3n) is 3.85. The van der Waals surface area contributed by atoms with Gasteiger partial charge in [-0.25, -0.2) is 8.42 Å². The van der Waals surface area contributed by atoms with E-state index in [1.54, 1.807) is 12.1 Å². The van der Waals surface area contributed by atoms with Gasteiger partial charge in [0, 0.05) is 29.5 Å². The highest BCUT2D eigenvalue weighted by Crippen LogP contribution is 2.27. The van der Waals surface area contributed by atoms with Gasteiger partial charge in [0.05, 0.1) is 10.6 Å². The summed E-state index contributed by atoms with van der Waals surface area (Å²) in [6.07, 6.45) is 1.95. The smallest absolute Gasteiger partial charge is 0.261 e. The molecule has 0 atom stereocenters. The van der Waals surface area contributed by atoms with Gasteiger partial charge in [0.25, 0.3) is 10.0 Å². The van der Waals surface area contributed by atoms with Crippen LogP contribution in [0, 0.1) is 6.92 Å². The molecule has 0 spiro atoms. The van der Waals surface area contributed by atoms with Crippen molar-refractivity contribution in [3.63, 3.8) is 0 Å². The molecule has 0 fully saturated rings. The number of nitrogens with zero attached hydrogens (tertiary/aromatic N) is 1. The van der Waals surface area contributed by atoms with Crippen molar-refractivity contribution in [3.05, 3.63) is 71.4 Å². The molecule has 24 heavy (non-hydrogen) atoms. The molecule has 1 aromatic heterocycles. The van der Waals surface area contributed by atoms with E-state index >= 15 is 0 Å². The first kappa shape index (κ1) is 16.6. The van der Waals surface area contributed by atoms with Crippen molar-refractivity contribution in [1.29, 1.82) is 0 Å². The monoisotopic (exact) mass is 360 g/mol. The van der Waals surface area contributed by atoms with Crippen LogP contribution in [0.15, 0.2) is 65.7 Å². The standard InChI is InChI=1S/C18H17ClN2O2S/c1-13-5-6-14(18-4-3-11-21(18)2)12-17(13)20-24(22,23)16-9-7-15(19)8-10-16/h3-12,20H,1-2H3. The highest BCUT2D eigenvalue weighted by molar-refractivity contribution is 7.92. The largest absolute Gasteiger partial charge is 0.351 e. The Morgan fingerprint density at radius 2 is 1.75 bits per heavy atom. The average molecular weight is 361 g/mol. The van der Waals surface area contributed by atoms with Gasteiger partial charge in [-0.3, -0.25) is 4.72 Å². The number of benzene rings is 2. The first-order chi connectivity index (χ1) is 11.4. The first-order valence-corrected chi connectivity index (χ1v) is 9.24. The second-order valence-corrected chi connectivity index (χ2v) is 7.71. The molecule has 0 aliphatic heterocycles. The highest BCUT2D eigenvalue weighted by atomic mass is 35.5. The van der Waals surface area contributed by atoms with Gasteiger partial charge in [0.2, 0.25) is 0 Å². The summed E-state index contributed by atoms with van der Waals surface area (Å²) in [6.45, 7) is 1.87. The van der Waals surface area contributed by atoms with Crippen molar-refractivity contribution < 1.29 is 8.42 Å². The van der Waals surface area contributed by atoms with Crippen LogP contribution in [0.4, 0.5) is 5.69 Å². The number of anilines is 1. The summed E-state index contributed by atoms with van der Waals surface area (Å²) < 4.78 is 29.8. The fraction of sp³-hybridized carbons (Fsp3) is 0.111. The maximum atomic E-state index is 12.6.